The molecule has 0 saturated heterocycles. The van der Waals surface area contributed by atoms with Crippen LogP contribution in [0, 0.1) is 10.1 Å². The lowest BCUT2D eigenvalue weighted by molar-refractivity contribution is -0.385. The molecule has 1 aromatic carbocycles. The lowest BCUT2D eigenvalue weighted by Crippen LogP contribution is -2.37. The molecule has 0 bridgehead atoms. The summed E-state index contributed by atoms with van der Waals surface area (Å²) in [5, 5.41) is 14.2. The molecule has 94 valence electrons. The van der Waals surface area contributed by atoms with Crippen LogP contribution in [0.1, 0.15) is 32.8 Å². The highest BCUT2D eigenvalue weighted by Gasteiger charge is 2.18. The molecule has 0 saturated carbocycles. The van der Waals surface area contributed by atoms with Crippen molar-refractivity contribution in [3.8, 4) is 0 Å². The van der Waals surface area contributed by atoms with E-state index in [-0.39, 0.29) is 16.1 Å². The Morgan fingerprint density at radius 2 is 2.12 bits per heavy atom. The van der Waals surface area contributed by atoms with E-state index in [9.17, 15) is 10.1 Å². The van der Waals surface area contributed by atoms with Crippen molar-refractivity contribution < 1.29 is 4.92 Å². The number of halogens is 1. The van der Waals surface area contributed by atoms with E-state index in [0.717, 1.165) is 10.9 Å². The van der Waals surface area contributed by atoms with E-state index in [1.54, 1.807) is 6.07 Å². The van der Waals surface area contributed by atoms with Gasteiger partial charge in [0.2, 0.25) is 0 Å². The number of rotatable bonds is 5. The standard InChI is InChI=1S/C12H17BrN2O2/c1-4-12(2,3)14-8-9-5-6-10(13)7-11(9)15(16)17/h5-7,14H,4,8H2,1-3H3. The van der Waals surface area contributed by atoms with E-state index in [0.29, 0.717) is 12.1 Å². The summed E-state index contributed by atoms with van der Waals surface area (Å²) in [6.07, 6.45) is 0.970. The molecule has 0 atom stereocenters. The van der Waals surface area contributed by atoms with Gasteiger partial charge in [0.05, 0.1) is 4.92 Å². The molecule has 17 heavy (non-hydrogen) atoms. The Bertz CT molecular complexity index is 419. The molecule has 1 rings (SSSR count). The second kappa shape index (κ2) is 5.60. The van der Waals surface area contributed by atoms with Gasteiger partial charge >= 0.3 is 0 Å². The summed E-state index contributed by atoms with van der Waals surface area (Å²) < 4.78 is 0.725. The number of benzene rings is 1. The van der Waals surface area contributed by atoms with Crippen LogP contribution in [0.15, 0.2) is 22.7 Å². The quantitative estimate of drug-likeness (QED) is 0.667. The smallest absolute Gasteiger partial charge is 0.275 e. The van der Waals surface area contributed by atoms with Gasteiger partial charge in [-0.05, 0) is 32.4 Å². The lowest BCUT2D eigenvalue weighted by Gasteiger charge is -2.24. The fraction of sp³-hybridized carbons (Fsp3) is 0.500. The van der Waals surface area contributed by atoms with Gasteiger partial charge in [-0.25, -0.2) is 0 Å². The summed E-state index contributed by atoms with van der Waals surface area (Å²) in [6.45, 7) is 6.75. The first-order valence-corrected chi connectivity index (χ1v) is 6.33. The van der Waals surface area contributed by atoms with Crippen LogP contribution in [0.2, 0.25) is 0 Å². The maximum atomic E-state index is 10.9. The van der Waals surface area contributed by atoms with Gasteiger partial charge in [-0.3, -0.25) is 10.1 Å². The number of hydrogen-bond donors (Lipinski definition) is 1. The van der Waals surface area contributed by atoms with Crippen LogP contribution in [-0.2, 0) is 6.54 Å². The molecule has 0 aliphatic heterocycles. The van der Waals surface area contributed by atoms with Crippen LogP contribution in [0.25, 0.3) is 0 Å². The summed E-state index contributed by atoms with van der Waals surface area (Å²) >= 11 is 3.24. The third kappa shape index (κ3) is 4.09. The second-order valence-electron chi connectivity index (χ2n) is 4.62. The van der Waals surface area contributed by atoms with Crippen molar-refractivity contribution in [2.24, 2.45) is 0 Å². The topological polar surface area (TPSA) is 55.2 Å². The van der Waals surface area contributed by atoms with Gasteiger partial charge in [-0.1, -0.05) is 22.9 Å². The van der Waals surface area contributed by atoms with Crippen LogP contribution in [0.5, 0.6) is 0 Å². The lowest BCUT2D eigenvalue weighted by atomic mass is 10.0. The van der Waals surface area contributed by atoms with E-state index in [2.05, 4.69) is 42.0 Å². The Hall–Kier alpha value is -0.940. The summed E-state index contributed by atoms with van der Waals surface area (Å²) in [5.41, 5.74) is 0.847. The highest BCUT2D eigenvalue weighted by atomic mass is 79.9. The van der Waals surface area contributed by atoms with E-state index in [4.69, 9.17) is 0 Å². The largest absolute Gasteiger partial charge is 0.307 e. The van der Waals surface area contributed by atoms with Gasteiger partial charge in [0.25, 0.3) is 5.69 Å². The molecule has 1 N–H and O–H groups in total. The normalized spacial score (nSPS) is 11.5. The summed E-state index contributed by atoms with van der Waals surface area (Å²) in [5.74, 6) is 0. The van der Waals surface area contributed by atoms with Crippen molar-refractivity contribution in [2.75, 3.05) is 0 Å². The highest BCUT2D eigenvalue weighted by Crippen LogP contribution is 2.24. The first kappa shape index (κ1) is 14.1. The molecule has 5 heteroatoms. The third-order valence-electron chi connectivity index (χ3n) is 2.89. The average molecular weight is 301 g/mol. The van der Waals surface area contributed by atoms with E-state index < -0.39 is 0 Å². The number of nitrogens with one attached hydrogen (secondary N) is 1. The zero-order valence-electron chi connectivity index (χ0n) is 10.3. The predicted molar refractivity (Wildman–Crippen MR) is 72.0 cm³/mol. The molecule has 0 heterocycles. The van der Waals surface area contributed by atoms with Crippen molar-refractivity contribution in [3.63, 3.8) is 0 Å². The first-order chi connectivity index (χ1) is 7.85. The Balaban J connectivity index is 2.88. The molecule has 0 aromatic heterocycles. The van der Waals surface area contributed by atoms with Gasteiger partial charge in [0.1, 0.15) is 0 Å². The SMILES string of the molecule is CCC(C)(C)NCc1ccc(Br)cc1[N+](=O)[O-]. The molecule has 0 unspecified atom stereocenters. The molecule has 0 radical (unpaired) electrons. The zero-order valence-corrected chi connectivity index (χ0v) is 11.9. The molecular weight excluding hydrogens is 284 g/mol. The number of nitro benzene ring substituents is 1. The monoisotopic (exact) mass is 300 g/mol. The van der Waals surface area contributed by atoms with Crippen LogP contribution >= 0.6 is 15.9 Å². The summed E-state index contributed by atoms with van der Waals surface area (Å²) in [4.78, 5) is 10.6. The number of nitro groups is 1. The van der Waals surface area contributed by atoms with Gasteiger partial charge in [-0.2, -0.15) is 0 Å². The third-order valence-corrected chi connectivity index (χ3v) is 3.38. The number of nitrogens with zero attached hydrogens (tertiary/aromatic N) is 1. The Labute approximate surface area is 110 Å². The maximum absolute atomic E-state index is 10.9. The molecule has 1 aromatic rings. The first-order valence-electron chi connectivity index (χ1n) is 5.53. The van der Waals surface area contributed by atoms with Gasteiger partial charge < -0.3 is 5.32 Å². The summed E-state index contributed by atoms with van der Waals surface area (Å²) in [6, 6.07) is 5.14. The van der Waals surface area contributed by atoms with Crippen molar-refractivity contribution in [1.82, 2.24) is 5.32 Å². The minimum Gasteiger partial charge on any atom is -0.307 e. The summed E-state index contributed by atoms with van der Waals surface area (Å²) in [7, 11) is 0. The van der Waals surface area contributed by atoms with Crippen LogP contribution in [-0.4, -0.2) is 10.5 Å². The fourth-order valence-electron chi connectivity index (χ4n) is 1.32. The number of hydrogen-bond acceptors (Lipinski definition) is 3. The molecular formula is C12H17BrN2O2. The Kier molecular flexibility index (Phi) is 4.65. The van der Waals surface area contributed by atoms with E-state index >= 15 is 0 Å². The van der Waals surface area contributed by atoms with Crippen LogP contribution in [0.4, 0.5) is 5.69 Å². The van der Waals surface area contributed by atoms with Crippen molar-refractivity contribution in [1.29, 1.82) is 0 Å². The van der Waals surface area contributed by atoms with Gasteiger partial charge in [0, 0.05) is 28.2 Å². The Morgan fingerprint density at radius 3 is 2.65 bits per heavy atom. The van der Waals surface area contributed by atoms with Gasteiger partial charge in [0.15, 0.2) is 0 Å². The minimum absolute atomic E-state index is 0.0130. The molecule has 0 amide bonds. The van der Waals surface area contributed by atoms with Crippen molar-refractivity contribution >= 4 is 21.6 Å². The van der Waals surface area contributed by atoms with Crippen molar-refractivity contribution in [2.45, 2.75) is 39.3 Å². The minimum atomic E-state index is -0.347. The molecule has 0 spiro atoms. The molecule has 0 fully saturated rings. The van der Waals surface area contributed by atoms with Crippen LogP contribution in [0.3, 0.4) is 0 Å². The maximum Gasteiger partial charge on any atom is 0.275 e. The molecule has 0 aliphatic carbocycles. The highest BCUT2D eigenvalue weighted by molar-refractivity contribution is 9.10. The zero-order chi connectivity index (χ0) is 13.1. The van der Waals surface area contributed by atoms with E-state index in [1.165, 1.54) is 6.07 Å². The average Bonchev–Trinajstić information content (AvgIpc) is 2.27. The molecule has 4 nitrogen and oxygen atoms in total. The van der Waals surface area contributed by atoms with Crippen LogP contribution < -0.4 is 5.32 Å². The Morgan fingerprint density at radius 1 is 1.47 bits per heavy atom. The fourth-order valence-corrected chi connectivity index (χ4v) is 1.66. The molecule has 0 aliphatic rings. The van der Waals surface area contributed by atoms with Gasteiger partial charge in [-0.15, -0.1) is 0 Å². The van der Waals surface area contributed by atoms with E-state index in [1.807, 2.05) is 6.07 Å². The predicted octanol–water partition coefficient (Wildman–Crippen LogP) is 3.64. The second-order valence-corrected chi connectivity index (χ2v) is 5.54. The van der Waals surface area contributed by atoms with Crippen molar-refractivity contribution in [3.05, 3.63) is 38.3 Å².